The van der Waals surface area contributed by atoms with Gasteiger partial charge in [-0.1, -0.05) is 29.5 Å². The first-order valence-electron chi connectivity index (χ1n) is 10.5. The molecule has 0 aliphatic carbocycles. The number of carbonyl (C=O) groups excluding carboxylic acids is 2. The summed E-state index contributed by atoms with van der Waals surface area (Å²) < 4.78 is 24.1. The first-order valence-corrected chi connectivity index (χ1v) is 11.3. The number of rotatable bonds is 9. The molecule has 35 heavy (non-hydrogen) atoms. The van der Waals surface area contributed by atoms with Crippen molar-refractivity contribution >= 4 is 28.8 Å². The van der Waals surface area contributed by atoms with E-state index in [0.717, 1.165) is 22.6 Å². The zero-order valence-electron chi connectivity index (χ0n) is 18.7. The minimum absolute atomic E-state index is 0.105. The second-order valence-corrected chi connectivity index (χ2v) is 8.37. The molecule has 2 amide bonds. The van der Waals surface area contributed by atoms with Gasteiger partial charge in [0.25, 0.3) is 11.8 Å². The minimum Gasteiger partial charge on any atom is -0.497 e. The lowest BCUT2D eigenvalue weighted by Crippen LogP contribution is -2.22. The van der Waals surface area contributed by atoms with Gasteiger partial charge in [-0.25, -0.2) is 4.39 Å². The number of nitrogens with one attached hydrogen (secondary N) is 2. The van der Waals surface area contributed by atoms with Crippen LogP contribution in [0.5, 0.6) is 11.5 Å². The van der Waals surface area contributed by atoms with Crippen molar-refractivity contribution in [3.8, 4) is 11.5 Å². The molecule has 0 aliphatic rings. The lowest BCUT2D eigenvalue weighted by Gasteiger charge is -2.08. The predicted molar refractivity (Wildman–Crippen MR) is 129 cm³/mol. The molecule has 4 aromatic rings. The van der Waals surface area contributed by atoms with Crippen LogP contribution in [0.4, 0.5) is 10.1 Å². The molecule has 0 atom stereocenters. The third kappa shape index (κ3) is 6.61. The first kappa shape index (κ1) is 23.8. The molecule has 4 rings (SSSR count). The number of carbonyl (C=O) groups is 2. The van der Waals surface area contributed by atoms with E-state index in [1.54, 1.807) is 37.4 Å². The highest BCUT2D eigenvalue weighted by Gasteiger charge is 2.14. The fourth-order valence-electron chi connectivity index (χ4n) is 3.03. The van der Waals surface area contributed by atoms with Gasteiger partial charge in [0.1, 0.15) is 23.9 Å². The molecule has 0 aliphatic heterocycles. The van der Waals surface area contributed by atoms with E-state index in [-0.39, 0.29) is 17.5 Å². The summed E-state index contributed by atoms with van der Waals surface area (Å²) in [6, 6.07) is 19.7. The molecule has 2 N–H and O–H groups in total. The standard InChI is InChI=1S/C25H21FN4O4S/c1-33-20-9-5-16(6-10-20)14-27-23(31)17-7-11-21(12-8-17)34-15-22-29-30-25(35-22)24(32)28-19-4-2-3-18(26)13-19/h2-13H,14-15H2,1H3,(H,27,31)(H,28,32). The molecule has 0 fully saturated rings. The molecule has 8 nitrogen and oxygen atoms in total. The molecule has 1 heterocycles. The van der Waals surface area contributed by atoms with E-state index in [9.17, 15) is 14.0 Å². The van der Waals surface area contributed by atoms with Crippen molar-refractivity contribution in [2.45, 2.75) is 13.2 Å². The van der Waals surface area contributed by atoms with Crippen molar-refractivity contribution in [2.24, 2.45) is 0 Å². The average Bonchev–Trinajstić information content (AvgIpc) is 3.36. The van der Waals surface area contributed by atoms with Crippen LogP contribution in [-0.2, 0) is 13.2 Å². The molecule has 10 heteroatoms. The second-order valence-electron chi connectivity index (χ2n) is 7.31. The van der Waals surface area contributed by atoms with Gasteiger partial charge in [0.05, 0.1) is 7.11 Å². The van der Waals surface area contributed by atoms with Gasteiger partial charge in [-0.15, -0.1) is 10.2 Å². The lowest BCUT2D eigenvalue weighted by molar-refractivity contribution is 0.0950. The Morgan fingerprint density at radius 3 is 2.40 bits per heavy atom. The highest BCUT2D eigenvalue weighted by atomic mass is 32.1. The number of hydrogen-bond acceptors (Lipinski definition) is 7. The monoisotopic (exact) mass is 492 g/mol. The van der Waals surface area contributed by atoms with E-state index in [1.807, 2.05) is 24.3 Å². The van der Waals surface area contributed by atoms with Crippen molar-refractivity contribution in [3.63, 3.8) is 0 Å². The topological polar surface area (TPSA) is 102 Å². The van der Waals surface area contributed by atoms with Crippen molar-refractivity contribution in [2.75, 3.05) is 12.4 Å². The Bertz CT molecular complexity index is 1310. The Morgan fingerprint density at radius 2 is 1.69 bits per heavy atom. The predicted octanol–water partition coefficient (Wildman–Crippen LogP) is 4.45. The second kappa shape index (κ2) is 11.2. The summed E-state index contributed by atoms with van der Waals surface area (Å²) in [4.78, 5) is 24.7. The van der Waals surface area contributed by atoms with Crippen molar-refractivity contribution < 1.29 is 23.5 Å². The Morgan fingerprint density at radius 1 is 0.943 bits per heavy atom. The summed E-state index contributed by atoms with van der Waals surface area (Å²) in [6.45, 7) is 0.501. The van der Waals surface area contributed by atoms with Crippen LogP contribution in [-0.4, -0.2) is 29.1 Å². The maximum Gasteiger partial charge on any atom is 0.286 e. The van der Waals surface area contributed by atoms with E-state index in [2.05, 4.69) is 20.8 Å². The highest BCUT2D eigenvalue weighted by Crippen LogP contribution is 2.18. The average molecular weight is 493 g/mol. The van der Waals surface area contributed by atoms with Crippen molar-refractivity contribution in [1.82, 2.24) is 15.5 Å². The maximum absolute atomic E-state index is 13.3. The molecule has 0 spiro atoms. The Balaban J connectivity index is 1.26. The molecular formula is C25H21FN4O4S. The number of ether oxygens (including phenoxy) is 2. The Kier molecular flexibility index (Phi) is 7.63. The quantitative estimate of drug-likeness (QED) is 0.358. The molecule has 0 radical (unpaired) electrons. The van der Waals surface area contributed by atoms with Gasteiger partial charge in [0.15, 0.2) is 5.01 Å². The third-order valence-electron chi connectivity index (χ3n) is 4.83. The summed E-state index contributed by atoms with van der Waals surface area (Å²) in [5.74, 6) is 0.162. The number of nitrogens with zero attached hydrogens (tertiary/aromatic N) is 2. The van der Waals surface area contributed by atoms with Gasteiger partial charge >= 0.3 is 0 Å². The maximum atomic E-state index is 13.3. The van der Waals surface area contributed by atoms with E-state index in [4.69, 9.17) is 9.47 Å². The van der Waals surface area contributed by atoms with Crippen molar-refractivity contribution in [1.29, 1.82) is 0 Å². The number of anilines is 1. The first-order chi connectivity index (χ1) is 17.0. The number of benzene rings is 3. The van der Waals surface area contributed by atoms with Gasteiger partial charge in [-0.05, 0) is 60.2 Å². The van der Waals surface area contributed by atoms with E-state index in [0.29, 0.717) is 28.6 Å². The summed E-state index contributed by atoms with van der Waals surface area (Å²) in [6.07, 6.45) is 0. The highest BCUT2D eigenvalue weighted by molar-refractivity contribution is 7.13. The van der Waals surface area contributed by atoms with Gasteiger partial charge in [-0.3, -0.25) is 9.59 Å². The van der Waals surface area contributed by atoms with E-state index in [1.165, 1.54) is 18.2 Å². The molecule has 0 saturated heterocycles. The van der Waals surface area contributed by atoms with Crippen LogP contribution >= 0.6 is 11.3 Å². The van der Waals surface area contributed by atoms with Crippen LogP contribution in [0.25, 0.3) is 0 Å². The van der Waals surface area contributed by atoms with Crippen LogP contribution in [0, 0.1) is 5.82 Å². The summed E-state index contributed by atoms with van der Waals surface area (Å²) >= 11 is 1.07. The number of amides is 2. The number of halogens is 1. The summed E-state index contributed by atoms with van der Waals surface area (Å²) in [7, 11) is 1.60. The van der Waals surface area contributed by atoms with Crippen LogP contribution in [0.1, 0.15) is 30.7 Å². The number of aromatic nitrogens is 2. The third-order valence-corrected chi connectivity index (χ3v) is 5.73. The Hall–Kier alpha value is -4.31. The molecule has 178 valence electrons. The molecule has 0 saturated carbocycles. The van der Waals surface area contributed by atoms with Gasteiger partial charge in [-0.2, -0.15) is 0 Å². The fourth-order valence-corrected chi connectivity index (χ4v) is 3.68. The smallest absolute Gasteiger partial charge is 0.286 e. The van der Waals surface area contributed by atoms with E-state index < -0.39 is 11.7 Å². The molecule has 3 aromatic carbocycles. The lowest BCUT2D eigenvalue weighted by atomic mass is 10.2. The summed E-state index contributed by atoms with van der Waals surface area (Å²) in [5.41, 5.74) is 1.79. The van der Waals surface area contributed by atoms with E-state index >= 15 is 0 Å². The summed E-state index contributed by atoms with van der Waals surface area (Å²) in [5, 5.41) is 13.9. The number of hydrogen-bond donors (Lipinski definition) is 2. The van der Waals surface area contributed by atoms with Gasteiger partial charge in [0, 0.05) is 17.8 Å². The molecular weight excluding hydrogens is 471 g/mol. The molecule has 0 bridgehead atoms. The molecule has 1 aromatic heterocycles. The van der Waals surface area contributed by atoms with Crippen LogP contribution in [0.2, 0.25) is 0 Å². The zero-order valence-corrected chi connectivity index (χ0v) is 19.5. The van der Waals surface area contributed by atoms with Crippen LogP contribution in [0.15, 0.2) is 72.8 Å². The molecule has 0 unspecified atom stereocenters. The van der Waals surface area contributed by atoms with Crippen molar-refractivity contribution in [3.05, 3.63) is 99.8 Å². The zero-order chi connectivity index (χ0) is 24.6. The normalized spacial score (nSPS) is 10.5. The van der Waals surface area contributed by atoms with Gasteiger partial charge in [0.2, 0.25) is 5.01 Å². The fraction of sp³-hybridized carbons (Fsp3) is 0.120. The largest absolute Gasteiger partial charge is 0.497 e. The number of methoxy groups -OCH3 is 1. The van der Waals surface area contributed by atoms with Gasteiger partial charge < -0.3 is 20.1 Å². The Labute approximate surface area is 204 Å². The van der Waals surface area contributed by atoms with Crippen LogP contribution in [0.3, 0.4) is 0 Å². The SMILES string of the molecule is COc1ccc(CNC(=O)c2ccc(OCc3nnc(C(=O)Nc4cccc(F)c4)s3)cc2)cc1. The minimum atomic E-state index is -0.482. The van der Waals surface area contributed by atoms with Crippen LogP contribution < -0.4 is 20.1 Å².